The molecule has 1 fully saturated rings. The molecule has 1 aliphatic carbocycles. The largest absolute Gasteiger partial charge is 0.481 e. The van der Waals surface area contributed by atoms with Crippen molar-refractivity contribution >= 4 is 5.97 Å². The number of alkyl halides is 3. The summed E-state index contributed by atoms with van der Waals surface area (Å²) in [5.41, 5.74) is 3.52. The molecule has 1 N–H and O–H groups in total. The van der Waals surface area contributed by atoms with Crippen LogP contribution in [-0.2, 0) is 24.1 Å². The van der Waals surface area contributed by atoms with E-state index in [-0.39, 0.29) is 23.4 Å². The van der Waals surface area contributed by atoms with E-state index in [2.05, 4.69) is 15.0 Å². The molecule has 1 saturated carbocycles. The van der Waals surface area contributed by atoms with Gasteiger partial charge in [-0.3, -0.25) is 9.69 Å². The van der Waals surface area contributed by atoms with Gasteiger partial charge in [0.1, 0.15) is 5.82 Å². The molecule has 2 heterocycles. The Labute approximate surface area is 220 Å². The van der Waals surface area contributed by atoms with E-state index in [1.165, 1.54) is 5.56 Å². The molecule has 2 aliphatic rings. The summed E-state index contributed by atoms with van der Waals surface area (Å²) in [7, 11) is 0. The first kappa shape index (κ1) is 25.2. The van der Waals surface area contributed by atoms with Crippen LogP contribution in [0.25, 0.3) is 34.0 Å². The molecule has 4 aromatic rings. The Bertz CT molecular complexity index is 1590. The highest BCUT2D eigenvalue weighted by molar-refractivity contribution is 5.73. The van der Waals surface area contributed by atoms with Crippen LogP contribution in [0.4, 0.5) is 17.6 Å². The lowest BCUT2D eigenvalue weighted by molar-refractivity contribution is -0.147. The van der Waals surface area contributed by atoms with Crippen molar-refractivity contribution < 1.29 is 32.0 Å². The fourth-order valence-electron chi connectivity index (χ4n) is 5.37. The van der Waals surface area contributed by atoms with E-state index in [0.29, 0.717) is 35.4 Å². The van der Waals surface area contributed by atoms with Crippen molar-refractivity contribution in [1.29, 1.82) is 0 Å². The molecule has 0 spiro atoms. The van der Waals surface area contributed by atoms with Crippen LogP contribution in [0.2, 0.25) is 0 Å². The number of aryl methyl sites for hydroxylation is 1. The number of benzene rings is 3. The van der Waals surface area contributed by atoms with Gasteiger partial charge < -0.3 is 9.63 Å². The molecule has 0 radical (unpaired) electrons. The Kier molecular flexibility index (Phi) is 6.02. The van der Waals surface area contributed by atoms with E-state index in [0.717, 1.165) is 42.4 Å². The molecule has 0 atom stereocenters. The number of carboxylic acids is 1. The first-order chi connectivity index (χ1) is 18.6. The average molecular weight is 538 g/mol. The molecule has 6 rings (SSSR count). The minimum Gasteiger partial charge on any atom is -0.481 e. The predicted molar refractivity (Wildman–Crippen MR) is 134 cm³/mol. The average Bonchev–Trinajstić information content (AvgIpc) is 3.49. The molecule has 3 aromatic carbocycles. The Hall–Kier alpha value is -4.05. The third-order valence-electron chi connectivity index (χ3n) is 7.67. The summed E-state index contributed by atoms with van der Waals surface area (Å²) in [5, 5.41) is 13.3. The van der Waals surface area contributed by atoms with Crippen molar-refractivity contribution in [2.24, 2.45) is 5.92 Å². The Morgan fingerprint density at radius 3 is 2.44 bits per heavy atom. The third kappa shape index (κ3) is 4.69. The number of hydrogen-bond donors (Lipinski definition) is 1. The van der Waals surface area contributed by atoms with Gasteiger partial charge in [0, 0.05) is 35.8 Å². The molecular weight excluding hydrogens is 514 g/mol. The third-order valence-corrected chi connectivity index (χ3v) is 7.67. The zero-order chi connectivity index (χ0) is 27.5. The van der Waals surface area contributed by atoms with Crippen LogP contribution in [-0.4, -0.2) is 32.2 Å². The standard InChI is InChI=1S/C29H23F4N3O3/c1-15-8-17(4-6-23(15)24-12-21(29(31,32)33)5-7-25(24)30)27-34-26(35-39-27)16-2-3-18-13-36(14-20(18)9-16)22-10-19(11-22)28(37)38/h2-9,12,19,22H,10-11,13-14H2,1H3,(H,37,38). The van der Waals surface area contributed by atoms with Gasteiger partial charge in [-0.25, -0.2) is 4.39 Å². The van der Waals surface area contributed by atoms with Gasteiger partial charge in [0.25, 0.3) is 5.89 Å². The van der Waals surface area contributed by atoms with Gasteiger partial charge in [0.15, 0.2) is 0 Å². The van der Waals surface area contributed by atoms with Crippen LogP contribution in [0.5, 0.6) is 0 Å². The van der Waals surface area contributed by atoms with E-state index in [4.69, 9.17) is 9.63 Å². The Morgan fingerprint density at radius 2 is 1.72 bits per heavy atom. The number of carboxylic acid groups (broad SMARTS) is 1. The van der Waals surface area contributed by atoms with Gasteiger partial charge in [-0.1, -0.05) is 23.4 Å². The summed E-state index contributed by atoms with van der Waals surface area (Å²) in [6, 6.07) is 13.4. The fourth-order valence-corrected chi connectivity index (χ4v) is 5.37. The quantitative estimate of drug-likeness (QED) is 0.285. The monoisotopic (exact) mass is 537 g/mol. The summed E-state index contributed by atoms with van der Waals surface area (Å²) < 4.78 is 59.4. The highest BCUT2D eigenvalue weighted by Crippen LogP contribution is 2.38. The minimum atomic E-state index is -4.58. The summed E-state index contributed by atoms with van der Waals surface area (Å²) in [5.74, 6) is -1.10. The number of aromatic nitrogens is 2. The molecule has 39 heavy (non-hydrogen) atoms. The van der Waals surface area contributed by atoms with Crippen LogP contribution in [0.1, 0.15) is 35.1 Å². The van der Waals surface area contributed by atoms with Crippen molar-refractivity contribution in [2.45, 2.75) is 45.1 Å². The van der Waals surface area contributed by atoms with Gasteiger partial charge in [0.05, 0.1) is 11.5 Å². The summed E-state index contributed by atoms with van der Waals surface area (Å²) in [6.07, 6.45) is -3.24. The summed E-state index contributed by atoms with van der Waals surface area (Å²) in [6.45, 7) is 3.20. The van der Waals surface area contributed by atoms with E-state index < -0.39 is 23.5 Å². The number of fused-ring (bicyclic) bond motifs is 1. The molecule has 0 bridgehead atoms. The maximum absolute atomic E-state index is 14.4. The highest BCUT2D eigenvalue weighted by atomic mass is 19.4. The zero-order valence-corrected chi connectivity index (χ0v) is 20.8. The van der Waals surface area contributed by atoms with Crippen molar-refractivity contribution in [1.82, 2.24) is 15.0 Å². The normalized spacial score (nSPS) is 19.1. The van der Waals surface area contributed by atoms with Crippen LogP contribution in [0.3, 0.4) is 0 Å². The predicted octanol–water partition coefficient (Wildman–Crippen LogP) is 6.72. The Balaban J connectivity index is 1.21. The van der Waals surface area contributed by atoms with Crippen LogP contribution < -0.4 is 0 Å². The van der Waals surface area contributed by atoms with E-state index in [9.17, 15) is 22.4 Å². The number of carbonyl (C=O) groups is 1. The molecule has 1 aromatic heterocycles. The second-order valence-corrected chi connectivity index (χ2v) is 10.2. The van der Waals surface area contributed by atoms with Crippen LogP contribution >= 0.6 is 0 Å². The molecule has 0 saturated heterocycles. The lowest BCUT2D eigenvalue weighted by Crippen LogP contribution is -2.44. The van der Waals surface area contributed by atoms with Gasteiger partial charge in [-0.15, -0.1) is 0 Å². The molecule has 0 unspecified atom stereocenters. The molecule has 200 valence electrons. The first-order valence-electron chi connectivity index (χ1n) is 12.5. The van der Waals surface area contributed by atoms with Gasteiger partial charge in [-0.05, 0) is 78.4 Å². The second kappa shape index (κ2) is 9.30. The lowest BCUT2D eigenvalue weighted by atomic mass is 9.79. The first-order valence-corrected chi connectivity index (χ1v) is 12.5. The highest BCUT2D eigenvalue weighted by Gasteiger charge is 2.39. The molecular formula is C29H23F4N3O3. The van der Waals surface area contributed by atoms with E-state index >= 15 is 0 Å². The molecule has 0 amide bonds. The summed E-state index contributed by atoms with van der Waals surface area (Å²) in [4.78, 5) is 17.9. The van der Waals surface area contributed by atoms with Gasteiger partial charge >= 0.3 is 12.1 Å². The van der Waals surface area contributed by atoms with Crippen molar-refractivity contribution in [2.75, 3.05) is 0 Å². The topological polar surface area (TPSA) is 79.5 Å². The maximum Gasteiger partial charge on any atom is 0.416 e. The van der Waals surface area contributed by atoms with Crippen molar-refractivity contribution in [3.63, 3.8) is 0 Å². The van der Waals surface area contributed by atoms with E-state index in [1.807, 2.05) is 18.2 Å². The van der Waals surface area contributed by atoms with Crippen LogP contribution in [0, 0.1) is 18.7 Å². The maximum atomic E-state index is 14.4. The van der Waals surface area contributed by atoms with Gasteiger partial charge in [-0.2, -0.15) is 18.2 Å². The molecule has 1 aliphatic heterocycles. The number of rotatable bonds is 5. The smallest absolute Gasteiger partial charge is 0.416 e. The van der Waals surface area contributed by atoms with Crippen molar-refractivity contribution in [3.05, 3.63) is 82.7 Å². The Morgan fingerprint density at radius 1 is 0.974 bits per heavy atom. The molecule has 10 heteroatoms. The minimum absolute atomic E-state index is 0.132. The molecule has 6 nitrogen and oxygen atoms in total. The van der Waals surface area contributed by atoms with Crippen LogP contribution in [0.15, 0.2) is 59.1 Å². The fraction of sp³-hybridized carbons (Fsp3) is 0.276. The van der Waals surface area contributed by atoms with E-state index in [1.54, 1.807) is 25.1 Å². The number of halogens is 4. The second-order valence-electron chi connectivity index (χ2n) is 10.2. The zero-order valence-electron chi connectivity index (χ0n) is 20.8. The summed E-state index contributed by atoms with van der Waals surface area (Å²) >= 11 is 0. The van der Waals surface area contributed by atoms with Crippen molar-refractivity contribution in [3.8, 4) is 34.0 Å². The van der Waals surface area contributed by atoms with Gasteiger partial charge in [0.2, 0.25) is 5.82 Å². The SMILES string of the molecule is Cc1cc(-c2nc(-c3ccc4c(c3)CN(C3CC(C(=O)O)C3)C4)no2)ccc1-c1cc(C(F)(F)F)ccc1F. The lowest BCUT2D eigenvalue weighted by Gasteiger charge is -2.39. The number of nitrogens with zero attached hydrogens (tertiary/aromatic N) is 3. The number of hydrogen-bond acceptors (Lipinski definition) is 5. The number of aliphatic carboxylic acids is 1.